The van der Waals surface area contributed by atoms with E-state index in [4.69, 9.17) is 18.9 Å². The summed E-state index contributed by atoms with van der Waals surface area (Å²) in [4.78, 5) is 42.3. The molecule has 2 aliphatic carbocycles. The van der Waals surface area contributed by atoms with Crippen LogP contribution in [0.25, 0.3) is 0 Å². The summed E-state index contributed by atoms with van der Waals surface area (Å²) >= 11 is 0. The Morgan fingerprint density at radius 2 is 1.80 bits per heavy atom. The standard InChI is InChI=1S/C31H35NO12/c1-14-26(35)17(32-6-8-42-9-7-32)10-21(43-14)44-19-12-31(40,20(34)13-33)11-16-23(19)30(39)25-24(28(16)37)27(36)15-4-3-5-18(41-2)22(15)29(25)38/h3-5,14,17,19,21,26,33,35,37,39-40H,6-13H2,1-2H3/t14-,17-,19-,21+,26+,31-/m0/s1. The number of phenolic OH excluding ortho intramolecular Hbond substituents is 2. The predicted molar refractivity (Wildman–Crippen MR) is 150 cm³/mol. The minimum atomic E-state index is -2.24. The van der Waals surface area contributed by atoms with Crippen molar-refractivity contribution in [3.63, 3.8) is 0 Å². The highest BCUT2D eigenvalue weighted by atomic mass is 16.7. The second kappa shape index (κ2) is 11.5. The Morgan fingerprint density at radius 3 is 2.48 bits per heavy atom. The molecule has 0 unspecified atom stereocenters. The van der Waals surface area contributed by atoms with Crippen molar-refractivity contribution in [3.8, 4) is 17.2 Å². The number of phenols is 2. The summed E-state index contributed by atoms with van der Waals surface area (Å²) in [6, 6.07) is 4.04. The number of morpholine rings is 1. The zero-order valence-electron chi connectivity index (χ0n) is 24.3. The highest BCUT2D eigenvalue weighted by Crippen LogP contribution is 2.52. The van der Waals surface area contributed by atoms with E-state index in [0.717, 1.165) is 0 Å². The largest absolute Gasteiger partial charge is 0.507 e. The molecule has 2 aliphatic heterocycles. The number of carbonyl (C=O) groups excluding carboxylic acids is 3. The van der Waals surface area contributed by atoms with E-state index in [1.54, 1.807) is 6.92 Å². The van der Waals surface area contributed by atoms with E-state index < -0.39 is 89.6 Å². The van der Waals surface area contributed by atoms with Crippen LogP contribution in [0.3, 0.4) is 0 Å². The van der Waals surface area contributed by atoms with Gasteiger partial charge in [-0.2, -0.15) is 0 Å². The Balaban J connectivity index is 1.45. The second-order valence-electron chi connectivity index (χ2n) is 11.7. The number of fused-ring (bicyclic) bond motifs is 3. The fourth-order valence-corrected chi connectivity index (χ4v) is 6.96. The molecule has 2 aromatic carbocycles. The number of Topliss-reactive ketones (excluding diaryl/α,β-unsaturated/α-hetero) is 1. The summed E-state index contributed by atoms with van der Waals surface area (Å²) in [5.41, 5.74) is -3.52. The van der Waals surface area contributed by atoms with Crippen molar-refractivity contribution < 1.29 is 58.9 Å². The molecule has 2 aromatic rings. The predicted octanol–water partition coefficient (Wildman–Crippen LogP) is 0.375. The Hall–Kier alpha value is -3.43. The second-order valence-corrected chi connectivity index (χ2v) is 11.7. The van der Waals surface area contributed by atoms with Gasteiger partial charge in [-0.3, -0.25) is 19.3 Å². The SMILES string of the molecule is COc1cccc2c1C(=O)c1c(O)c3c(c(O)c1C2=O)C[C@@](O)(C(=O)CO)C[C@@H]3O[C@@H]1C[C@H](N2CCOCC2)[C@H](O)[C@H](C)O1. The Morgan fingerprint density at radius 1 is 1.09 bits per heavy atom. The Bertz CT molecular complexity index is 1520. The zero-order valence-corrected chi connectivity index (χ0v) is 24.3. The van der Waals surface area contributed by atoms with Gasteiger partial charge < -0.3 is 44.5 Å². The first-order chi connectivity index (χ1) is 21.0. The molecule has 13 nitrogen and oxygen atoms in total. The van der Waals surface area contributed by atoms with Gasteiger partial charge in [0.25, 0.3) is 0 Å². The van der Waals surface area contributed by atoms with Crippen molar-refractivity contribution in [2.45, 2.75) is 62.4 Å². The number of ether oxygens (including phenoxy) is 4. The van der Waals surface area contributed by atoms with Gasteiger partial charge in [0.2, 0.25) is 5.78 Å². The lowest BCUT2D eigenvalue weighted by atomic mass is 9.72. The average molecular weight is 614 g/mol. The average Bonchev–Trinajstić information content (AvgIpc) is 3.02. The zero-order chi connectivity index (χ0) is 31.5. The lowest BCUT2D eigenvalue weighted by molar-refractivity contribution is -0.260. The molecular weight excluding hydrogens is 578 g/mol. The van der Waals surface area contributed by atoms with Crippen LogP contribution in [0.15, 0.2) is 18.2 Å². The smallest absolute Gasteiger partial charge is 0.202 e. The topological polar surface area (TPSA) is 193 Å². The minimum absolute atomic E-state index is 0.0425. The minimum Gasteiger partial charge on any atom is -0.507 e. The van der Waals surface area contributed by atoms with Crippen molar-refractivity contribution in [2.24, 2.45) is 0 Å². The van der Waals surface area contributed by atoms with Crippen LogP contribution in [-0.2, 0) is 25.4 Å². The van der Waals surface area contributed by atoms with E-state index in [9.17, 15) is 39.9 Å². The van der Waals surface area contributed by atoms with E-state index in [0.29, 0.717) is 26.3 Å². The molecule has 13 heteroatoms. The van der Waals surface area contributed by atoms with Crippen LogP contribution in [0.4, 0.5) is 0 Å². The first kappa shape index (κ1) is 30.6. The normalized spacial score (nSPS) is 30.3. The fraction of sp³-hybridized carbons (Fsp3) is 0.516. The Labute approximate surface area is 252 Å². The lowest BCUT2D eigenvalue weighted by Crippen LogP contribution is -2.58. The maximum atomic E-state index is 13.8. The van der Waals surface area contributed by atoms with E-state index in [1.165, 1.54) is 25.3 Å². The van der Waals surface area contributed by atoms with E-state index >= 15 is 0 Å². The number of rotatable bonds is 6. The molecule has 6 rings (SSSR count). The number of benzene rings is 2. The Kier molecular flexibility index (Phi) is 7.99. The van der Waals surface area contributed by atoms with Gasteiger partial charge in [-0.05, 0) is 13.0 Å². The van der Waals surface area contributed by atoms with Gasteiger partial charge in [0.15, 0.2) is 17.9 Å². The van der Waals surface area contributed by atoms with Crippen LogP contribution >= 0.6 is 0 Å². The third kappa shape index (κ3) is 4.79. The highest BCUT2D eigenvalue weighted by molar-refractivity contribution is 6.31. The van der Waals surface area contributed by atoms with Crippen molar-refractivity contribution >= 4 is 17.3 Å². The summed E-state index contributed by atoms with van der Waals surface area (Å²) in [5, 5.41) is 55.2. The van der Waals surface area contributed by atoms with Gasteiger partial charge in [0.1, 0.15) is 29.5 Å². The molecule has 5 N–H and O–H groups in total. The van der Waals surface area contributed by atoms with Crippen LogP contribution in [0, 0.1) is 0 Å². The maximum absolute atomic E-state index is 13.8. The third-order valence-corrected chi connectivity index (χ3v) is 9.24. The lowest BCUT2D eigenvalue weighted by Gasteiger charge is -2.46. The van der Waals surface area contributed by atoms with Crippen LogP contribution in [-0.4, -0.2) is 118 Å². The van der Waals surface area contributed by atoms with Crippen molar-refractivity contribution in [2.75, 3.05) is 40.0 Å². The third-order valence-electron chi connectivity index (χ3n) is 9.24. The van der Waals surface area contributed by atoms with E-state index in [1.807, 2.05) is 0 Å². The summed E-state index contributed by atoms with van der Waals surface area (Å²) < 4.78 is 23.0. The molecule has 0 radical (unpaired) electrons. The van der Waals surface area contributed by atoms with E-state index in [2.05, 4.69) is 4.90 Å². The molecule has 2 saturated heterocycles. The maximum Gasteiger partial charge on any atom is 0.202 e. The quantitative estimate of drug-likeness (QED) is 0.240. The molecule has 44 heavy (non-hydrogen) atoms. The van der Waals surface area contributed by atoms with Gasteiger partial charge >= 0.3 is 0 Å². The molecule has 0 bridgehead atoms. The van der Waals surface area contributed by atoms with Gasteiger partial charge in [0.05, 0.1) is 55.3 Å². The first-order valence-electron chi connectivity index (χ1n) is 14.5. The molecule has 4 aliphatic rings. The number of ketones is 3. The van der Waals surface area contributed by atoms with Gasteiger partial charge in [-0.15, -0.1) is 0 Å². The first-order valence-corrected chi connectivity index (χ1v) is 14.5. The van der Waals surface area contributed by atoms with Crippen LogP contribution in [0.1, 0.15) is 68.8 Å². The summed E-state index contributed by atoms with van der Waals surface area (Å²) in [6.07, 6.45) is -4.66. The fourth-order valence-electron chi connectivity index (χ4n) is 6.96. The van der Waals surface area contributed by atoms with Crippen LogP contribution in [0.2, 0.25) is 0 Å². The highest BCUT2D eigenvalue weighted by Gasteiger charge is 2.50. The molecule has 2 heterocycles. The number of methoxy groups -OCH3 is 1. The van der Waals surface area contributed by atoms with Crippen LogP contribution in [0.5, 0.6) is 17.2 Å². The molecular formula is C31H35NO12. The van der Waals surface area contributed by atoms with E-state index in [-0.39, 0.29) is 40.5 Å². The molecule has 0 saturated carbocycles. The summed E-state index contributed by atoms with van der Waals surface area (Å²) in [6.45, 7) is 2.83. The van der Waals surface area contributed by atoms with Crippen LogP contribution < -0.4 is 4.74 Å². The molecule has 0 spiro atoms. The van der Waals surface area contributed by atoms with Gasteiger partial charge in [-0.25, -0.2) is 0 Å². The van der Waals surface area contributed by atoms with Crippen molar-refractivity contribution in [1.29, 1.82) is 0 Å². The molecule has 2 fully saturated rings. The molecule has 6 atom stereocenters. The number of carbonyl (C=O) groups is 3. The van der Waals surface area contributed by atoms with Gasteiger partial charge in [0, 0.05) is 55.1 Å². The number of aromatic hydroxyl groups is 2. The number of hydrogen-bond donors (Lipinski definition) is 5. The molecule has 0 aromatic heterocycles. The number of nitrogens with zero attached hydrogens (tertiary/aromatic N) is 1. The van der Waals surface area contributed by atoms with Crippen molar-refractivity contribution in [3.05, 3.63) is 51.6 Å². The number of aliphatic hydroxyl groups excluding tert-OH is 2. The summed E-state index contributed by atoms with van der Waals surface area (Å²) in [5.74, 6) is -3.68. The monoisotopic (exact) mass is 613 g/mol. The number of hydrogen-bond acceptors (Lipinski definition) is 13. The molecule has 0 amide bonds. The van der Waals surface area contributed by atoms with Crippen molar-refractivity contribution in [1.82, 2.24) is 4.90 Å². The number of aliphatic hydroxyl groups is 3. The van der Waals surface area contributed by atoms with Gasteiger partial charge in [-0.1, -0.05) is 12.1 Å². The molecule has 236 valence electrons. The summed E-state index contributed by atoms with van der Waals surface area (Å²) in [7, 11) is 1.34.